The fourth-order valence-corrected chi connectivity index (χ4v) is 5.73. The van der Waals surface area contributed by atoms with Gasteiger partial charge in [0.2, 0.25) is 5.91 Å². The zero-order valence-electron chi connectivity index (χ0n) is 18.2. The van der Waals surface area contributed by atoms with E-state index in [4.69, 9.17) is 15.2 Å². The van der Waals surface area contributed by atoms with Gasteiger partial charge in [-0.2, -0.15) is 0 Å². The van der Waals surface area contributed by atoms with Crippen LogP contribution in [0.4, 0.5) is 0 Å². The quantitative estimate of drug-likeness (QED) is 0.487. The molecule has 0 bridgehead atoms. The summed E-state index contributed by atoms with van der Waals surface area (Å²) in [5.74, 6) is -2.03. The Labute approximate surface area is 191 Å². The van der Waals surface area contributed by atoms with Crippen LogP contribution in [0.25, 0.3) is 0 Å². The Kier molecular flexibility index (Phi) is 4.67. The van der Waals surface area contributed by atoms with E-state index >= 15 is 0 Å². The molecular formula is C26H25NO6. The number of phenolic OH excluding ortho intramolecular Hbond substituents is 1. The van der Waals surface area contributed by atoms with Crippen molar-refractivity contribution in [3.8, 4) is 17.2 Å². The molecule has 5 rings (SSSR count). The molecule has 5 atom stereocenters. The molecule has 0 aromatic heterocycles. The second-order valence-corrected chi connectivity index (χ2v) is 8.75. The third-order valence-electron chi connectivity index (χ3n) is 7.00. The van der Waals surface area contributed by atoms with Gasteiger partial charge < -0.3 is 30.5 Å². The molecule has 2 aliphatic rings. The largest absolute Gasteiger partial charge is 0.508 e. The molecule has 7 nitrogen and oxygen atoms in total. The van der Waals surface area contributed by atoms with Gasteiger partial charge in [-0.05, 0) is 47.9 Å². The van der Waals surface area contributed by atoms with Crippen LogP contribution in [-0.2, 0) is 16.0 Å². The lowest BCUT2D eigenvalue weighted by Gasteiger charge is -2.40. The lowest BCUT2D eigenvalue weighted by Crippen LogP contribution is -2.52. The van der Waals surface area contributed by atoms with E-state index in [0.717, 1.165) is 5.56 Å². The summed E-state index contributed by atoms with van der Waals surface area (Å²) in [6.07, 6.45) is -1.59. The number of methoxy groups -OCH3 is 1. The van der Waals surface area contributed by atoms with Crippen LogP contribution in [0.1, 0.15) is 28.2 Å². The molecule has 0 spiro atoms. The van der Waals surface area contributed by atoms with E-state index in [9.17, 15) is 20.1 Å². The van der Waals surface area contributed by atoms with Crippen molar-refractivity contribution in [2.45, 2.75) is 30.1 Å². The number of ether oxygens (including phenoxy) is 2. The maximum absolute atomic E-state index is 12.7. The first kappa shape index (κ1) is 21.3. The molecule has 1 fully saturated rings. The molecule has 3 aromatic carbocycles. The molecule has 170 valence electrons. The highest BCUT2D eigenvalue weighted by Gasteiger charge is 2.77. The van der Waals surface area contributed by atoms with E-state index in [2.05, 4.69) is 0 Å². The number of aromatic hydroxyl groups is 1. The second kappa shape index (κ2) is 7.23. The minimum atomic E-state index is -2.07. The lowest BCUT2D eigenvalue weighted by molar-refractivity contribution is -0.154. The van der Waals surface area contributed by atoms with E-state index in [0.29, 0.717) is 22.6 Å². The molecule has 1 saturated carbocycles. The molecule has 5 N–H and O–H groups in total. The summed E-state index contributed by atoms with van der Waals surface area (Å²) < 4.78 is 12.2. The van der Waals surface area contributed by atoms with Gasteiger partial charge in [0.05, 0.1) is 18.6 Å². The van der Waals surface area contributed by atoms with Crippen molar-refractivity contribution < 1.29 is 29.6 Å². The number of benzene rings is 3. The van der Waals surface area contributed by atoms with E-state index < -0.39 is 35.0 Å². The first-order valence-corrected chi connectivity index (χ1v) is 10.7. The van der Waals surface area contributed by atoms with Crippen LogP contribution in [0.2, 0.25) is 0 Å². The van der Waals surface area contributed by atoms with E-state index in [1.165, 1.54) is 19.2 Å². The van der Waals surface area contributed by atoms with Crippen molar-refractivity contribution in [3.05, 3.63) is 89.0 Å². The van der Waals surface area contributed by atoms with Crippen molar-refractivity contribution in [2.75, 3.05) is 7.11 Å². The van der Waals surface area contributed by atoms with Crippen molar-refractivity contribution in [1.82, 2.24) is 0 Å². The van der Waals surface area contributed by atoms with Gasteiger partial charge in [-0.15, -0.1) is 0 Å². The summed E-state index contributed by atoms with van der Waals surface area (Å²) in [4.78, 5) is 12.7. The summed E-state index contributed by atoms with van der Waals surface area (Å²) in [6, 6.07) is 18.8. The van der Waals surface area contributed by atoms with Gasteiger partial charge in [0.25, 0.3) is 0 Å². The number of phenols is 1. The van der Waals surface area contributed by atoms with E-state index in [-0.39, 0.29) is 11.3 Å². The van der Waals surface area contributed by atoms with Crippen molar-refractivity contribution in [3.63, 3.8) is 0 Å². The molecule has 0 saturated heterocycles. The van der Waals surface area contributed by atoms with Gasteiger partial charge in [-0.25, -0.2) is 0 Å². The summed E-state index contributed by atoms with van der Waals surface area (Å²) in [7, 11) is 1.47. The van der Waals surface area contributed by atoms with Crippen LogP contribution in [0.3, 0.4) is 0 Å². The zero-order chi connectivity index (χ0) is 23.5. The number of aliphatic hydroxyl groups is 2. The highest BCUT2D eigenvalue weighted by atomic mass is 16.5. The van der Waals surface area contributed by atoms with Crippen molar-refractivity contribution in [2.24, 2.45) is 11.7 Å². The van der Waals surface area contributed by atoms with E-state index in [1.807, 2.05) is 37.3 Å². The third-order valence-corrected chi connectivity index (χ3v) is 7.00. The number of hydrogen-bond acceptors (Lipinski definition) is 6. The average Bonchev–Trinajstić information content (AvgIpc) is 3.17. The van der Waals surface area contributed by atoms with Gasteiger partial charge in [0.1, 0.15) is 23.4 Å². The van der Waals surface area contributed by atoms with Crippen LogP contribution in [0.5, 0.6) is 17.2 Å². The summed E-state index contributed by atoms with van der Waals surface area (Å²) in [5.41, 5.74) is 4.39. The summed E-state index contributed by atoms with van der Waals surface area (Å²) in [6.45, 7) is 1.87. The Balaban J connectivity index is 1.90. The SMILES string of the molecule is COc1cc(C)cc2c1[C@@]1(O)[C@@H](O)[C@@H](C(N)=O)[C@H](c3ccccc3)[C@@]1(c1ccc(O)cc1)O2. The zero-order valence-corrected chi connectivity index (χ0v) is 18.2. The number of aryl methyl sites for hydroxylation is 1. The number of nitrogens with two attached hydrogens (primary N) is 1. The first-order chi connectivity index (χ1) is 15.8. The predicted molar refractivity (Wildman–Crippen MR) is 120 cm³/mol. The van der Waals surface area contributed by atoms with E-state index in [1.54, 1.807) is 24.3 Å². The van der Waals surface area contributed by atoms with Crippen LogP contribution < -0.4 is 15.2 Å². The van der Waals surface area contributed by atoms with Gasteiger partial charge in [0, 0.05) is 5.92 Å². The number of carbonyl (C=O) groups is 1. The highest BCUT2D eigenvalue weighted by Crippen LogP contribution is 2.69. The predicted octanol–water partition coefficient (Wildman–Crippen LogP) is 2.44. The number of aliphatic hydroxyl groups excluding tert-OH is 1. The molecule has 33 heavy (non-hydrogen) atoms. The fraction of sp³-hybridized carbons (Fsp3) is 0.269. The van der Waals surface area contributed by atoms with Gasteiger partial charge in [0.15, 0.2) is 11.2 Å². The van der Waals surface area contributed by atoms with Gasteiger partial charge >= 0.3 is 0 Å². The topological polar surface area (TPSA) is 122 Å². The molecule has 1 amide bonds. The maximum Gasteiger partial charge on any atom is 0.224 e. The van der Waals surface area contributed by atoms with Crippen molar-refractivity contribution >= 4 is 5.91 Å². The van der Waals surface area contributed by atoms with Crippen LogP contribution in [-0.4, -0.2) is 34.4 Å². The lowest BCUT2D eigenvalue weighted by atomic mass is 9.70. The number of fused-ring (bicyclic) bond motifs is 3. The Morgan fingerprint density at radius 2 is 1.76 bits per heavy atom. The van der Waals surface area contributed by atoms with Crippen LogP contribution in [0, 0.1) is 12.8 Å². The highest BCUT2D eigenvalue weighted by molar-refractivity contribution is 5.81. The summed E-state index contributed by atoms with van der Waals surface area (Å²) >= 11 is 0. The Morgan fingerprint density at radius 3 is 2.36 bits per heavy atom. The standard InChI is InChI=1S/C26H25NO6/c1-14-12-18(32-2)22-19(13-14)33-26(16-8-10-17(28)11-9-16)21(15-6-4-3-5-7-15)20(24(27)30)23(29)25(22,26)31/h3-13,20-21,23,28-29,31H,1-2H3,(H2,27,30)/t20-,21-,23-,25+,26+/m0/s1. The average molecular weight is 447 g/mol. The van der Waals surface area contributed by atoms with Gasteiger partial charge in [-0.3, -0.25) is 4.79 Å². The van der Waals surface area contributed by atoms with Gasteiger partial charge in [-0.1, -0.05) is 42.5 Å². The minimum Gasteiger partial charge on any atom is -0.508 e. The normalized spacial score (nSPS) is 29.8. The Bertz CT molecular complexity index is 1230. The Hall–Kier alpha value is -3.55. The molecule has 3 aromatic rings. The first-order valence-electron chi connectivity index (χ1n) is 10.7. The monoisotopic (exact) mass is 447 g/mol. The molecule has 0 radical (unpaired) electrons. The van der Waals surface area contributed by atoms with Crippen molar-refractivity contribution in [1.29, 1.82) is 0 Å². The molecule has 0 unspecified atom stereocenters. The number of carbonyl (C=O) groups excluding carboxylic acids is 1. The molecule has 1 aliphatic carbocycles. The van der Waals surface area contributed by atoms with Crippen LogP contribution in [0.15, 0.2) is 66.7 Å². The molecule has 7 heteroatoms. The molecule has 1 aliphatic heterocycles. The fourth-order valence-electron chi connectivity index (χ4n) is 5.73. The number of hydrogen-bond donors (Lipinski definition) is 4. The minimum absolute atomic E-state index is 0.0314. The van der Waals surface area contributed by atoms with Crippen LogP contribution >= 0.6 is 0 Å². The third kappa shape index (κ3) is 2.66. The summed E-state index contributed by atoms with van der Waals surface area (Å²) in [5, 5.41) is 34.0. The number of amides is 1. The number of primary amides is 1. The molecule has 1 heterocycles. The second-order valence-electron chi connectivity index (χ2n) is 8.75. The molecular weight excluding hydrogens is 422 g/mol. The Morgan fingerprint density at radius 1 is 1.09 bits per heavy atom. The smallest absolute Gasteiger partial charge is 0.224 e. The number of rotatable bonds is 4. The maximum atomic E-state index is 12.7.